The lowest BCUT2D eigenvalue weighted by atomic mass is 9.73. The third-order valence-corrected chi connectivity index (χ3v) is 23.7. The van der Waals surface area contributed by atoms with Crippen molar-refractivity contribution in [3.05, 3.63) is 69.0 Å². The Balaban J connectivity index is 0.000000112. The average molecular weight is 1330 g/mol. The van der Waals surface area contributed by atoms with Gasteiger partial charge in [0, 0.05) is 101 Å². The molecule has 3 N–H and O–H groups in total. The van der Waals surface area contributed by atoms with Gasteiger partial charge in [-0.05, 0) is 143 Å². The number of nitrogens with zero attached hydrogens (tertiary/aromatic N) is 18. The average Bonchev–Trinajstić information content (AvgIpc) is 1.60. The SMILES string of the molecule is CC1(C)CCc2c(N3CCOCC3)nc3sc4c(N5CCNCC5)nnnc4c3c2C1.C[N+]1(C)CCN(c2nnnc3c2sc2nc(N4CCOCC4)c4c(c23)CCCC4)CC1.Fc1ccc(CNc2nc3sc4c(N5CCNCC5)nnnc4c3c3c2CCCC3)cc1. The molecule has 14 heterocycles. The van der Waals surface area contributed by atoms with Crippen molar-refractivity contribution in [2.75, 3.05) is 175 Å². The predicted molar refractivity (Wildman–Crippen MR) is 375 cm³/mol. The first kappa shape index (κ1) is 61.7. The molecule has 8 aliphatic rings. The van der Waals surface area contributed by atoms with E-state index in [1.807, 2.05) is 12.1 Å². The van der Waals surface area contributed by atoms with E-state index in [9.17, 15) is 4.39 Å². The van der Waals surface area contributed by atoms with Gasteiger partial charge in [-0.3, -0.25) is 0 Å². The van der Waals surface area contributed by atoms with Crippen molar-refractivity contribution in [1.82, 2.24) is 71.8 Å². The number of benzene rings is 1. The number of piperazine rings is 3. The molecule has 1 aromatic carbocycles. The fourth-order valence-electron chi connectivity index (χ4n) is 15.2. The lowest BCUT2D eigenvalue weighted by Gasteiger charge is -2.39. The lowest BCUT2D eigenvalue weighted by molar-refractivity contribution is -0.890. The summed E-state index contributed by atoms with van der Waals surface area (Å²) >= 11 is 5.15. The van der Waals surface area contributed by atoms with E-state index < -0.39 is 0 Å². The zero-order valence-electron chi connectivity index (χ0n) is 54.4. The number of nitrogens with one attached hydrogen (secondary N) is 3. The maximum Gasteiger partial charge on any atom is 0.173 e. The van der Waals surface area contributed by atoms with Crippen LogP contribution in [0.3, 0.4) is 0 Å². The van der Waals surface area contributed by atoms with E-state index in [-0.39, 0.29) is 11.2 Å². The summed E-state index contributed by atoms with van der Waals surface area (Å²) in [5, 5.41) is 53.5. The summed E-state index contributed by atoms with van der Waals surface area (Å²) in [6.07, 6.45) is 12.3. The Kier molecular flexibility index (Phi) is 17.2. The number of rotatable bonds is 8. The number of quaternary nitrogens is 1. The summed E-state index contributed by atoms with van der Waals surface area (Å²) in [4.78, 5) is 30.6. The summed E-state index contributed by atoms with van der Waals surface area (Å²) in [6, 6.07) is 6.62. The topological polar surface area (TPSA) is 225 Å². The molecule has 0 amide bonds. The van der Waals surface area contributed by atoms with Gasteiger partial charge in [0.15, 0.2) is 17.5 Å². The van der Waals surface area contributed by atoms with E-state index in [4.69, 9.17) is 24.4 Å². The van der Waals surface area contributed by atoms with Gasteiger partial charge in [0.25, 0.3) is 0 Å². The highest BCUT2D eigenvalue weighted by molar-refractivity contribution is 7.26. The standard InChI is InChI=1S/C23H24FN7S.C22H29N7OS.C22H30N7OS/c24-15-7-5-14(6-8-15)13-26-21-17-4-2-1-3-16(17)18-19-20(32-23(18)27-21)22(29-30-28-19)31-11-9-25-10-12-31;1-22(2)4-3-14-15(13-22)16-17-18(20(26-27-25-17)28-7-5-23-6-8-28)31-21(16)24-19(14)29-9-11-30-12-10-29;1-29(2)11-7-27(8-12-29)21-19-18(24-26-25-21)17-15-5-3-4-6-16(15)20(23-22(17)31-19)28-9-13-30-14-10-28/h5-8,25H,1-4,9-13H2,(H,26,27);23H,3-13H2,1-2H3;3-14H2,1-2H3/q;;+1. The normalized spacial score (nSPS) is 19.9. The van der Waals surface area contributed by atoms with Gasteiger partial charge in [0.05, 0.1) is 66.7 Å². The predicted octanol–water partition coefficient (Wildman–Crippen LogP) is 8.32. The Morgan fingerprint density at radius 3 is 1.40 bits per heavy atom. The second kappa shape index (κ2) is 26.1. The van der Waals surface area contributed by atoms with Crippen LogP contribution in [0.1, 0.15) is 84.9 Å². The van der Waals surface area contributed by atoms with Gasteiger partial charge in [-0.25, -0.2) is 19.3 Å². The summed E-state index contributed by atoms with van der Waals surface area (Å²) < 4.78 is 28.9. The molecule has 0 unspecified atom stereocenters. The molecule has 94 heavy (non-hydrogen) atoms. The van der Waals surface area contributed by atoms with Crippen molar-refractivity contribution in [2.24, 2.45) is 5.41 Å². The van der Waals surface area contributed by atoms with Crippen molar-refractivity contribution in [3.8, 4) is 0 Å². The number of likely N-dealkylation sites (N-methyl/N-ethyl adjacent to an activating group) is 1. The minimum atomic E-state index is -0.217. The Hall–Kier alpha value is -7.11. The number of thiophene rings is 3. The number of fused-ring (bicyclic) bond motifs is 15. The molecule has 10 aromatic rings. The Labute approximate surface area is 557 Å². The first-order valence-electron chi connectivity index (χ1n) is 34.0. The van der Waals surface area contributed by atoms with Crippen LogP contribution in [0.25, 0.3) is 61.3 Å². The number of anilines is 6. The number of hydrogen-bond donors (Lipinski definition) is 3. The van der Waals surface area contributed by atoms with Crippen molar-refractivity contribution < 1.29 is 18.3 Å². The number of pyridine rings is 3. The van der Waals surface area contributed by atoms with Crippen LogP contribution in [0.15, 0.2) is 24.3 Å². The van der Waals surface area contributed by atoms with Gasteiger partial charge in [-0.1, -0.05) is 26.0 Å². The maximum absolute atomic E-state index is 13.3. The third-order valence-electron chi connectivity index (χ3n) is 20.5. The molecule has 5 fully saturated rings. The van der Waals surface area contributed by atoms with E-state index in [2.05, 4.69) is 115 Å². The molecule has 0 radical (unpaired) electrons. The fraction of sp³-hybridized carbons (Fsp3) is 0.552. The van der Waals surface area contributed by atoms with Crippen LogP contribution in [0, 0.1) is 11.2 Å². The Morgan fingerprint density at radius 2 is 0.904 bits per heavy atom. The van der Waals surface area contributed by atoms with Crippen molar-refractivity contribution in [2.45, 2.75) is 91.0 Å². The van der Waals surface area contributed by atoms with Gasteiger partial charge >= 0.3 is 0 Å². The summed E-state index contributed by atoms with van der Waals surface area (Å²) in [5.74, 6) is 5.94. The van der Waals surface area contributed by atoms with Gasteiger partial charge < -0.3 is 54.4 Å². The third kappa shape index (κ3) is 12.0. The van der Waals surface area contributed by atoms with Crippen LogP contribution >= 0.6 is 34.0 Å². The first-order valence-corrected chi connectivity index (χ1v) is 36.5. The molecule has 3 aliphatic carbocycles. The lowest BCUT2D eigenvalue weighted by Crippen LogP contribution is -2.55. The monoisotopic (exact) mass is 1330 g/mol. The highest BCUT2D eigenvalue weighted by Crippen LogP contribution is 2.48. The van der Waals surface area contributed by atoms with Crippen molar-refractivity contribution >= 4 is 130 Å². The highest BCUT2D eigenvalue weighted by Gasteiger charge is 2.35. The smallest absolute Gasteiger partial charge is 0.173 e. The largest absolute Gasteiger partial charge is 0.378 e. The molecule has 18 rings (SSSR count). The molecule has 0 saturated carbocycles. The molecule has 5 aliphatic heterocycles. The van der Waals surface area contributed by atoms with Gasteiger partial charge in [-0.15, -0.1) is 64.6 Å². The molecule has 0 atom stereocenters. The van der Waals surface area contributed by atoms with Crippen LogP contribution in [0.4, 0.5) is 39.3 Å². The molecule has 0 bridgehead atoms. The number of ether oxygens (including phenoxy) is 2. The number of halogens is 1. The van der Waals surface area contributed by atoms with Gasteiger partial charge in [0.1, 0.15) is 68.4 Å². The molecule has 27 heteroatoms. The van der Waals surface area contributed by atoms with E-state index in [0.29, 0.717) is 6.54 Å². The Morgan fingerprint density at radius 1 is 0.489 bits per heavy atom. The van der Waals surface area contributed by atoms with Gasteiger partial charge in [0.2, 0.25) is 0 Å². The fourth-order valence-corrected chi connectivity index (χ4v) is 18.7. The van der Waals surface area contributed by atoms with Crippen LogP contribution in [0.5, 0.6) is 0 Å². The second-order valence-electron chi connectivity index (χ2n) is 27.7. The molecular formula is C67H83FN21O2S3+. The summed E-state index contributed by atoms with van der Waals surface area (Å²) in [5.41, 5.74) is 12.6. The quantitative estimate of drug-likeness (QED) is 0.122. The second-order valence-corrected chi connectivity index (χ2v) is 30.7. The number of aryl methyl sites for hydroxylation is 2. The van der Waals surface area contributed by atoms with E-state index in [1.54, 1.807) is 34.0 Å². The minimum Gasteiger partial charge on any atom is -0.378 e. The number of morpholine rings is 2. The van der Waals surface area contributed by atoms with Crippen LogP contribution in [-0.2, 0) is 54.5 Å². The number of hydrogen-bond acceptors (Lipinski definition) is 25. The van der Waals surface area contributed by atoms with E-state index >= 15 is 0 Å². The van der Waals surface area contributed by atoms with Crippen LogP contribution in [-0.4, -0.2) is 211 Å². The maximum atomic E-state index is 13.3. The summed E-state index contributed by atoms with van der Waals surface area (Å²) in [6.45, 7) is 23.9. The van der Waals surface area contributed by atoms with Crippen LogP contribution < -0.4 is 40.4 Å². The summed E-state index contributed by atoms with van der Waals surface area (Å²) in [7, 11) is 4.60. The van der Waals surface area contributed by atoms with Gasteiger partial charge in [-0.2, -0.15) is 0 Å². The first-order chi connectivity index (χ1) is 46.0. The zero-order chi connectivity index (χ0) is 63.5. The highest BCUT2D eigenvalue weighted by atomic mass is 32.1. The minimum absolute atomic E-state index is 0.217. The van der Waals surface area contributed by atoms with E-state index in [0.717, 1.165) is 266 Å². The molecule has 492 valence electrons. The Bertz CT molecular complexity index is 4430. The zero-order valence-corrected chi connectivity index (χ0v) is 56.9. The van der Waals surface area contributed by atoms with Crippen molar-refractivity contribution in [3.63, 3.8) is 0 Å². The van der Waals surface area contributed by atoms with Crippen LogP contribution in [0.2, 0.25) is 0 Å². The van der Waals surface area contributed by atoms with Crippen molar-refractivity contribution in [1.29, 1.82) is 0 Å². The molecular weight excluding hydrogens is 1250 g/mol. The molecule has 0 spiro atoms. The number of aromatic nitrogens is 12. The molecule has 5 saturated heterocycles. The van der Waals surface area contributed by atoms with E-state index in [1.165, 1.54) is 87.8 Å². The molecule has 23 nitrogen and oxygen atoms in total. The molecule has 9 aromatic heterocycles.